The van der Waals surface area contributed by atoms with Gasteiger partial charge in [-0.3, -0.25) is 0 Å². The van der Waals surface area contributed by atoms with E-state index in [1.807, 2.05) is 25.3 Å². The molecule has 0 unspecified atom stereocenters. The molecule has 0 saturated carbocycles. The number of rotatable bonds is 2. The smallest absolute Gasteiger partial charge is 0.140 e. The predicted molar refractivity (Wildman–Crippen MR) is 72.5 cm³/mol. The van der Waals surface area contributed by atoms with Crippen LogP contribution in [-0.2, 0) is 6.54 Å². The zero-order valence-corrected chi connectivity index (χ0v) is 10.1. The Morgan fingerprint density at radius 3 is 2.94 bits per heavy atom. The van der Waals surface area contributed by atoms with Gasteiger partial charge in [0.25, 0.3) is 0 Å². The number of furan rings is 1. The summed E-state index contributed by atoms with van der Waals surface area (Å²) in [5.74, 6) is 1.36. The number of benzene rings is 1. The van der Waals surface area contributed by atoms with E-state index in [9.17, 15) is 0 Å². The molecule has 0 bridgehead atoms. The molecule has 4 heteroatoms. The second kappa shape index (κ2) is 3.92. The van der Waals surface area contributed by atoms with Crippen molar-refractivity contribution >= 4 is 22.7 Å². The Bertz CT molecular complexity index is 668. The van der Waals surface area contributed by atoms with Crippen LogP contribution >= 0.6 is 0 Å². The van der Waals surface area contributed by atoms with Gasteiger partial charge in [0.2, 0.25) is 0 Å². The van der Waals surface area contributed by atoms with Gasteiger partial charge in [-0.15, -0.1) is 0 Å². The minimum absolute atomic E-state index is 0.425. The lowest BCUT2D eigenvalue weighted by molar-refractivity contribution is 0.441. The molecule has 3 rings (SSSR count). The standard InChI is InChI=1S/C14H14N2O2/c1-8-3-4-9-10(6-15)14-11(16-2)7-17-13(14)5-12(9)18-8/h3-5,7,16H,1,6,15H2,2H3. The third kappa shape index (κ3) is 1.43. The average Bonchev–Trinajstić information content (AvgIpc) is 2.78. The molecule has 18 heavy (non-hydrogen) atoms. The van der Waals surface area contributed by atoms with Crippen molar-refractivity contribution in [1.29, 1.82) is 0 Å². The van der Waals surface area contributed by atoms with E-state index >= 15 is 0 Å². The van der Waals surface area contributed by atoms with Gasteiger partial charge in [0.1, 0.15) is 23.4 Å². The van der Waals surface area contributed by atoms with E-state index in [2.05, 4.69) is 11.9 Å². The first-order valence-electron chi connectivity index (χ1n) is 5.74. The molecule has 1 aliphatic heterocycles. The molecule has 1 aromatic heterocycles. The maximum Gasteiger partial charge on any atom is 0.140 e. The van der Waals surface area contributed by atoms with Crippen LogP contribution in [0.2, 0.25) is 0 Å². The summed E-state index contributed by atoms with van der Waals surface area (Å²) in [5, 5.41) is 4.12. The van der Waals surface area contributed by atoms with Crippen LogP contribution in [0.3, 0.4) is 0 Å². The highest BCUT2D eigenvalue weighted by atomic mass is 16.5. The van der Waals surface area contributed by atoms with Gasteiger partial charge in [-0.2, -0.15) is 0 Å². The molecule has 92 valence electrons. The van der Waals surface area contributed by atoms with Crippen molar-refractivity contribution in [2.75, 3.05) is 12.4 Å². The van der Waals surface area contributed by atoms with Gasteiger partial charge in [0.05, 0.1) is 5.69 Å². The average molecular weight is 242 g/mol. The zero-order chi connectivity index (χ0) is 12.7. The summed E-state index contributed by atoms with van der Waals surface area (Å²) in [7, 11) is 1.86. The first-order valence-corrected chi connectivity index (χ1v) is 5.74. The molecule has 3 N–H and O–H groups in total. The minimum Gasteiger partial charge on any atom is -0.462 e. The van der Waals surface area contributed by atoms with Gasteiger partial charge in [-0.25, -0.2) is 0 Å². The predicted octanol–water partition coefficient (Wildman–Crippen LogP) is 2.85. The van der Waals surface area contributed by atoms with E-state index in [4.69, 9.17) is 14.9 Å². The van der Waals surface area contributed by atoms with E-state index in [0.29, 0.717) is 12.3 Å². The lowest BCUT2D eigenvalue weighted by atomic mass is 9.99. The van der Waals surface area contributed by atoms with Crippen molar-refractivity contribution < 1.29 is 9.15 Å². The van der Waals surface area contributed by atoms with Crippen LogP contribution in [0, 0.1) is 0 Å². The Kier molecular flexibility index (Phi) is 2.38. The molecule has 0 amide bonds. The number of ether oxygens (including phenoxy) is 1. The van der Waals surface area contributed by atoms with Crippen molar-refractivity contribution in [1.82, 2.24) is 0 Å². The maximum atomic E-state index is 5.88. The summed E-state index contributed by atoms with van der Waals surface area (Å²) in [6.45, 7) is 4.21. The van der Waals surface area contributed by atoms with Gasteiger partial charge in [-0.05, 0) is 17.7 Å². The van der Waals surface area contributed by atoms with Crippen LogP contribution in [0.5, 0.6) is 5.75 Å². The molecule has 0 spiro atoms. The van der Waals surface area contributed by atoms with Gasteiger partial charge in [-0.1, -0.05) is 6.58 Å². The summed E-state index contributed by atoms with van der Waals surface area (Å²) >= 11 is 0. The van der Waals surface area contributed by atoms with E-state index < -0.39 is 0 Å². The zero-order valence-electron chi connectivity index (χ0n) is 10.1. The molecule has 2 heterocycles. The highest BCUT2D eigenvalue weighted by molar-refractivity contribution is 5.97. The Hall–Kier alpha value is -2.20. The Balaban J connectivity index is 2.37. The Morgan fingerprint density at radius 2 is 2.22 bits per heavy atom. The second-order valence-corrected chi connectivity index (χ2v) is 4.15. The number of hydrogen-bond donors (Lipinski definition) is 2. The molecular weight excluding hydrogens is 228 g/mol. The van der Waals surface area contributed by atoms with E-state index in [1.54, 1.807) is 6.26 Å². The summed E-state index contributed by atoms with van der Waals surface area (Å²) < 4.78 is 11.1. The number of allylic oxidation sites excluding steroid dienone is 1. The number of nitrogens with one attached hydrogen (secondary N) is 1. The fourth-order valence-electron chi connectivity index (χ4n) is 2.29. The Labute approximate surface area is 105 Å². The van der Waals surface area contributed by atoms with Crippen LogP contribution in [0.25, 0.3) is 17.0 Å². The third-order valence-corrected chi connectivity index (χ3v) is 3.12. The van der Waals surface area contributed by atoms with Gasteiger partial charge < -0.3 is 20.2 Å². The quantitative estimate of drug-likeness (QED) is 0.850. The van der Waals surface area contributed by atoms with Crippen LogP contribution in [0.1, 0.15) is 11.1 Å². The topological polar surface area (TPSA) is 60.4 Å². The number of anilines is 1. The molecule has 1 aliphatic rings. The third-order valence-electron chi connectivity index (χ3n) is 3.12. The fourth-order valence-corrected chi connectivity index (χ4v) is 2.29. The van der Waals surface area contributed by atoms with Crippen LogP contribution in [0.15, 0.2) is 35.2 Å². The summed E-state index contributed by atoms with van der Waals surface area (Å²) in [5.41, 5.74) is 9.59. The molecule has 4 nitrogen and oxygen atoms in total. The molecule has 0 radical (unpaired) electrons. The second-order valence-electron chi connectivity index (χ2n) is 4.15. The van der Waals surface area contributed by atoms with Crippen molar-refractivity contribution in [3.63, 3.8) is 0 Å². The van der Waals surface area contributed by atoms with E-state index in [1.165, 1.54) is 0 Å². The van der Waals surface area contributed by atoms with Crippen molar-refractivity contribution in [3.05, 3.63) is 41.9 Å². The summed E-state index contributed by atoms with van der Waals surface area (Å²) in [6, 6.07) is 1.87. The first kappa shape index (κ1) is 10.9. The minimum atomic E-state index is 0.425. The van der Waals surface area contributed by atoms with Crippen molar-refractivity contribution in [2.24, 2.45) is 5.73 Å². The molecule has 1 aromatic carbocycles. The molecule has 0 atom stereocenters. The maximum absolute atomic E-state index is 5.88. The number of fused-ring (bicyclic) bond motifs is 2. The van der Waals surface area contributed by atoms with Crippen LogP contribution < -0.4 is 15.8 Å². The van der Waals surface area contributed by atoms with E-state index in [-0.39, 0.29) is 0 Å². The Morgan fingerprint density at radius 1 is 1.39 bits per heavy atom. The highest BCUT2D eigenvalue weighted by Crippen LogP contribution is 2.39. The summed E-state index contributed by atoms with van der Waals surface area (Å²) in [6.07, 6.45) is 5.51. The number of hydrogen-bond acceptors (Lipinski definition) is 4. The molecule has 0 fully saturated rings. The molecule has 2 aromatic rings. The van der Waals surface area contributed by atoms with Gasteiger partial charge in [0.15, 0.2) is 0 Å². The normalized spacial score (nSPS) is 13.6. The van der Waals surface area contributed by atoms with Crippen LogP contribution in [0.4, 0.5) is 5.69 Å². The largest absolute Gasteiger partial charge is 0.462 e. The molecule has 0 saturated heterocycles. The van der Waals surface area contributed by atoms with E-state index in [0.717, 1.165) is 33.5 Å². The van der Waals surface area contributed by atoms with Gasteiger partial charge >= 0.3 is 0 Å². The van der Waals surface area contributed by atoms with Crippen molar-refractivity contribution in [3.8, 4) is 5.75 Å². The molecular formula is C14H14N2O2. The monoisotopic (exact) mass is 242 g/mol. The lowest BCUT2D eigenvalue weighted by Gasteiger charge is -2.17. The summed E-state index contributed by atoms with van der Waals surface area (Å²) in [4.78, 5) is 0. The number of nitrogens with two attached hydrogens (primary N) is 1. The van der Waals surface area contributed by atoms with Crippen LogP contribution in [-0.4, -0.2) is 7.05 Å². The molecule has 0 aliphatic carbocycles. The highest BCUT2D eigenvalue weighted by Gasteiger charge is 2.19. The fraction of sp³-hybridized carbons (Fsp3) is 0.143. The van der Waals surface area contributed by atoms with Gasteiger partial charge in [0, 0.05) is 30.6 Å². The SMILES string of the molecule is C=C1C=Cc2c(cc3occ(NC)c3c2CN)O1. The lowest BCUT2D eigenvalue weighted by Crippen LogP contribution is -2.06. The van der Waals surface area contributed by atoms with Crippen molar-refractivity contribution in [2.45, 2.75) is 6.54 Å². The first-order chi connectivity index (χ1) is 8.74.